The van der Waals surface area contributed by atoms with Crippen molar-refractivity contribution in [2.75, 3.05) is 13.2 Å². The number of carbonyl (C=O) groups is 1. The van der Waals surface area contributed by atoms with Gasteiger partial charge >= 0.3 is 0 Å². The van der Waals surface area contributed by atoms with Crippen molar-refractivity contribution >= 4 is 5.91 Å². The van der Waals surface area contributed by atoms with Crippen LogP contribution in [0.15, 0.2) is 0 Å². The number of halogens is 2. The second-order valence-electron chi connectivity index (χ2n) is 3.26. The van der Waals surface area contributed by atoms with Crippen LogP contribution >= 0.6 is 0 Å². The van der Waals surface area contributed by atoms with Crippen LogP contribution in [0.1, 0.15) is 13.8 Å². The van der Waals surface area contributed by atoms with E-state index in [2.05, 4.69) is 4.74 Å². The highest BCUT2D eigenvalue weighted by Gasteiger charge is 2.27. The quantitative estimate of drug-likeness (QED) is 0.377. The lowest BCUT2D eigenvalue weighted by molar-refractivity contribution is -0.133. The monoisotopic (exact) mass is 196 g/mol. The third-order valence-corrected chi connectivity index (χ3v) is 1.45. The third kappa shape index (κ3) is 4.74. The molecule has 0 saturated heterocycles. The molecule has 0 bridgehead atoms. The number of hydrogen-bond donors (Lipinski definition) is 2. The van der Waals surface area contributed by atoms with Crippen molar-refractivity contribution in [3.63, 3.8) is 0 Å². The summed E-state index contributed by atoms with van der Waals surface area (Å²) in [7, 11) is 0. The molecule has 0 rings (SSSR count). The molecule has 0 spiro atoms. The molecular formula is C7H14F2N2O2. The summed E-state index contributed by atoms with van der Waals surface area (Å²) in [6.07, 6.45) is -2.52. The van der Waals surface area contributed by atoms with E-state index in [4.69, 9.17) is 5.84 Å². The van der Waals surface area contributed by atoms with E-state index >= 15 is 0 Å². The lowest BCUT2D eigenvalue weighted by Crippen LogP contribution is -2.43. The van der Waals surface area contributed by atoms with E-state index in [-0.39, 0.29) is 6.61 Å². The maximum absolute atomic E-state index is 11.6. The Morgan fingerprint density at radius 1 is 1.62 bits per heavy atom. The number of hydrogen-bond acceptors (Lipinski definition) is 3. The van der Waals surface area contributed by atoms with Gasteiger partial charge in [0.25, 0.3) is 6.43 Å². The normalized spacial score (nSPS) is 11.8. The highest BCUT2D eigenvalue weighted by molar-refractivity contribution is 5.81. The van der Waals surface area contributed by atoms with Crippen molar-refractivity contribution in [3.05, 3.63) is 0 Å². The van der Waals surface area contributed by atoms with Crippen LogP contribution in [-0.4, -0.2) is 25.5 Å². The maximum Gasteiger partial charge on any atom is 0.261 e. The van der Waals surface area contributed by atoms with Crippen LogP contribution in [0.4, 0.5) is 8.78 Å². The van der Waals surface area contributed by atoms with E-state index in [0.717, 1.165) is 0 Å². The number of nitrogens with two attached hydrogens (primary N) is 1. The van der Waals surface area contributed by atoms with Crippen molar-refractivity contribution in [2.45, 2.75) is 20.3 Å². The number of rotatable bonds is 5. The molecule has 0 aliphatic rings. The number of amides is 1. The molecule has 4 nitrogen and oxygen atoms in total. The minimum atomic E-state index is -2.52. The van der Waals surface area contributed by atoms with Crippen LogP contribution in [0, 0.1) is 5.41 Å². The Bertz CT molecular complexity index is 174. The molecule has 0 unspecified atom stereocenters. The third-order valence-electron chi connectivity index (χ3n) is 1.45. The van der Waals surface area contributed by atoms with Gasteiger partial charge in [-0.1, -0.05) is 0 Å². The van der Waals surface area contributed by atoms with Gasteiger partial charge in [0.1, 0.15) is 6.61 Å². The Hall–Kier alpha value is -0.750. The number of alkyl halides is 2. The first-order chi connectivity index (χ1) is 5.90. The van der Waals surface area contributed by atoms with E-state index < -0.39 is 24.4 Å². The summed E-state index contributed by atoms with van der Waals surface area (Å²) in [4.78, 5) is 11.0. The molecule has 3 N–H and O–H groups in total. The first-order valence-electron chi connectivity index (χ1n) is 3.77. The van der Waals surface area contributed by atoms with Crippen LogP contribution in [0.2, 0.25) is 0 Å². The number of ether oxygens (including phenoxy) is 1. The molecule has 0 aromatic rings. The van der Waals surface area contributed by atoms with Gasteiger partial charge in [-0.2, -0.15) is 0 Å². The lowest BCUT2D eigenvalue weighted by Gasteiger charge is -2.21. The number of hydrazine groups is 1. The highest BCUT2D eigenvalue weighted by Crippen LogP contribution is 2.15. The summed E-state index contributed by atoms with van der Waals surface area (Å²) in [5, 5.41) is 0. The summed E-state index contributed by atoms with van der Waals surface area (Å²) in [6.45, 7) is 2.36. The number of nitrogens with one attached hydrogen (secondary N) is 1. The molecule has 0 aromatic heterocycles. The summed E-state index contributed by atoms with van der Waals surface area (Å²) in [5.41, 5.74) is 1.05. The second-order valence-corrected chi connectivity index (χ2v) is 3.26. The van der Waals surface area contributed by atoms with Crippen LogP contribution < -0.4 is 11.3 Å². The molecular weight excluding hydrogens is 182 g/mol. The van der Waals surface area contributed by atoms with Crippen molar-refractivity contribution in [2.24, 2.45) is 11.3 Å². The fourth-order valence-electron chi connectivity index (χ4n) is 0.664. The second kappa shape index (κ2) is 5.08. The lowest BCUT2D eigenvalue weighted by atomic mass is 9.94. The van der Waals surface area contributed by atoms with Crippen molar-refractivity contribution in [1.82, 2.24) is 5.43 Å². The topological polar surface area (TPSA) is 64.3 Å². The molecule has 0 saturated carbocycles. The molecule has 1 amide bonds. The standard InChI is InChI=1S/C7H14F2N2O2/c1-7(2,6(12)11-10)4-13-3-5(8)9/h5H,3-4,10H2,1-2H3,(H,11,12). The zero-order valence-corrected chi connectivity index (χ0v) is 7.64. The minimum absolute atomic E-state index is 0.0830. The Labute approximate surface area is 75.4 Å². The summed E-state index contributed by atoms with van der Waals surface area (Å²) >= 11 is 0. The van der Waals surface area contributed by atoms with Gasteiger partial charge in [-0.15, -0.1) is 0 Å². The van der Waals surface area contributed by atoms with Gasteiger partial charge in [-0.3, -0.25) is 10.2 Å². The molecule has 0 atom stereocenters. The molecule has 0 heterocycles. The molecule has 0 aliphatic heterocycles. The maximum atomic E-state index is 11.6. The van der Waals surface area contributed by atoms with Crippen LogP contribution in [-0.2, 0) is 9.53 Å². The summed E-state index contributed by atoms with van der Waals surface area (Å²) in [5.74, 6) is 4.44. The molecule has 0 radical (unpaired) electrons. The van der Waals surface area contributed by atoms with E-state index in [1.165, 1.54) is 0 Å². The predicted octanol–water partition coefficient (Wildman–Crippen LogP) is 0.284. The Morgan fingerprint density at radius 2 is 2.15 bits per heavy atom. The van der Waals surface area contributed by atoms with Gasteiger partial charge in [-0.25, -0.2) is 14.6 Å². The first kappa shape index (κ1) is 12.2. The van der Waals surface area contributed by atoms with Gasteiger partial charge < -0.3 is 4.74 Å². The SMILES string of the molecule is CC(C)(COCC(F)F)C(=O)NN. The highest BCUT2D eigenvalue weighted by atomic mass is 19.3. The predicted molar refractivity (Wildman–Crippen MR) is 42.9 cm³/mol. The summed E-state index contributed by atoms with van der Waals surface area (Å²) < 4.78 is 27.9. The van der Waals surface area contributed by atoms with Gasteiger partial charge in [0.15, 0.2) is 0 Å². The smallest absolute Gasteiger partial charge is 0.261 e. The largest absolute Gasteiger partial charge is 0.374 e. The van der Waals surface area contributed by atoms with Crippen molar-refractivity contribution < 1.29 is 18.3 Å². The average molecular weight is 196 g/mol. The fraction of sp³-hybridized carbons (Fsp3) is 0.857. The van der Waals surface area contributed by atoms with Gasteiger partial charge in [-0.05, 0) is 13.8 Å². The Balaban J connectivity index is 3.82. The van der Waals surface area contributed by atoms with Crippen molar-refractivity contribution in [1.29, 1.82) is 0 Å². The Kier molecular flexibility index (Phi) is 4.79. The van der Waals surface area contributed by atoms with Gasteiger partial charge in [0.2, 0.25) is 5.91 Å². The molecule has 6 heteroatoms. The van der Waals surface area contributed by atoms with E-state index in [1.54, 1.807) is 13.8 Å². The molecule has 0 fully saturated rings. The zero-order valence-electron chi connectivity index (χ0n) is 7.64. The van der Waals surface area contributed by atoms with Crippen LogP contribution in [0.25, 0.3) is 0 Å². The molecule has 0 aliphatic carbocycles. The number of carbonyl (C=O) groups excluding carboxylic acids is 1. The zero-order chi connectivity index (χ0) is 10.5. The Morgan fingerprint density at radius 3 is 2.54 bits per heavy atom. The molecule has 0 aromatic carbocycles. The fourth-order valence-corrected chi connectivity index (χ4v) is 0.664. The average Bonchev–Trinajstić information content (AvgIpc) is 2.01. The first-order valence-corrected chi connectivity index (χ1v) is 3.77. The van der Waals surface area contributed by atoms with E-state index in [0.29, 0.717) is 0 Å². The molecule has 13 heavy (non-hydrogen) atoms. The van der Waals surface area contributed by atoms with Crippen molar-refractivity contribution in [3.8, 4) is 0 Å². The molecule has 78 valence electrons. The summed E-state index contributed by atoms with van der Waals surface area (Å²) in [6, 6.07) is 0. The van der Waals surface area contributed by atoms with Gasteiger partial charge in [0.05, 0.1) is 12.0 Å². The van der Waals surface area contributed by atoms with E-state index in [9.17, 15) is 13.6 Å². The minimum Gasteiger partial charge on any atom is -0.374 e. The van der Waals surface area contributed by atoms with Crippen LogP contribution in [0.3, 0.4) is 0 Å². The van der Waals surface area contributed by atoms with Gasteiger partial charge in [0, 0.05) is 0 Å². The van der Waals surface area contributed by atoms with Crippen LogP contribution in [0.5, 0.6) is 0 Å². The van der Waals surface area contributed by atoms with E-state index in [1.807, 2.05) is 5.43 Å².